The molecule has 3 unspecified atom stereocenters. The fourth-order valence-electron chi connectivity index (χ4n) is 1.81. The van der Waals surface area contributed by atoms with Crippen LogP contribution in [0.1, 0.15) is 20.8 Å². The van der Waals surface area contributed by atoms with Gasteiger partial charge in [0.15, 0.2) is 0 Å². The van der Waals surface area contributed by atoms with Crippen molar-refractivity contribution in [3.05, 3.63) is 0 Å². The first kappa shape index (κ1) is 13.9. The minimum atomic E-state index is -0.656. The van der Waals surface area contributed by atoms with Crippen molar-refractivity contribution in [2.75, 3.05) is 6.61 Å². The molecule has 6 heteroatoms. The Morgan fingerprint density at radius 3 is 2.56 bits per heavy atom. The van der Waals surface area contributed by atoms with Crippen LogP contribution in [0.2, 0.25) is 0 Å². The quantitative estimate of drug-likeness (QED) is 0.460. The van der Waals surface area contributed by atoms with Crippen molar-refractivity contribution in [2.24, 2.45) is 5.73 Å². The van der Waals surface area contributed by atoms with Crippen LogP contribution in [0.15, 0.2) is 0 Å². The monoisotopic (exact) mass is 231 g/mol. The second-order valence-corrected chi connectivity index (χ2v) is 4.56. The summed E-state index contributed by atoms with van der Waals surface area (Å²) in [6, 6.07) is -0.126. The van der Waals surface area contributed by atoms with E-state index in [0.717, 1.165) is 0 Å². The van der Waals surface area contributed by atoms with Gasteiger partial charge in [-0.25, -0.2) is 0 Å². The molecule has 3 N–H and O–H groups in total. The van der Waals surface area contributed by atoms with E-state index in [1.807, 2.05) is 21.7 Å². The SMILES string of the molecule is B[C@@H]1O[C@H](COC(C)N)C(O)C1OC(C)C. The predicted octanol–water partition coefficient (Wildman–Crippen LogP) is -1.18. The number of nitrogens with two attached hydrogens (primary N) is 1. The molecule has 16 heavy (non-hydrogen) atoms. The largest absolute Gasteiger partial charge is 0.388 e. The van der Waals surface area contributed by atoms with Crippen molar-refractivity contribution >= 4 is 7.85 Å². The second-order valence-electron chi connectivity index (χ2n) is 4.56. The van der Waals surface area contributed by atoms with E-state index in [0.29, 0.717) is 6.61 Å². The van der Waals surface area contributed by atoms with E-state index < -0.39 is 6.10 Å². The molecule has 0 radical (unpaired) electrons. The molecule has 0 spiro atoms. The fourth-order valence-corrected chi connectivity index (χ4v) is 1.81. The number of rotatable bonds is 5. The van der Waals surface area contributed by atoms with E-state index in [4.69, 9.17) is 19.9 Å². The summed E-state index contributed by atoms with van der Waals surface area (Å²) in [5.41, 5.74) is 5.48. The van der Waals surface area contributed by atoms with Crippen molar-refractivity contribution in [3.8, 4) is 0 Å². The zero-order chi connectivity index (χ0) is 12.3. The summed E-state index contributed by atoms with van der Waals surface area (Å²) >= 11 is 0. The maximum Gasteiger partial charge on any atom is 0.142 e. The van der Waals surface area contributed by atoms with Gasteiger partial charge in [0, 0.05) is 0 Å². The highest BCUT2D eigenvalue weighted by molar-refractivity contribution is 6.11. The molecule has 0 aliphatic carbocycles. The third-order valence-corrected chi connectivity index (χ3v) is 2.52. The van der Waals surface area contributed by atoms with Crippen LogP contribution in [0.25, 0.3) is 0 Å². The minimum absolute atomic E-state index is 0.0683. The molecular weight excluding hydrogens is 209 g/mol. The normalized spacial score (nSPS) is 36.9. The minimum Gasteiger partial charge on any atom is -0.388 e. The lowest BCUT2D eigenvalue weighted by molar-refractivity contribution is -0.0641. The summed E-state index contributed by atoms with van der Waals surface area (Å²) in [6.45, 7) is 5.91. The molecule has 1 aliphatic rings. The van der Waals surface area contributed by atoms with Gasteiger partial charge in [0.25, 0.3) is 0 Å². The third kappa shape index (κ3) is 3.71. The Morgan fingerprint density at radius 2 is 2.06 bits per heavy atom. The maximum absolute atomic E-state index is 10.0. The molecule has 5 nitrogen and oxygen atoms in total. The van der Waals surface area contributed by atoms with Gasteiger partial charge in [-0.15, -0.1) is 0 Å². The first-order chi connectivity index (χ1) is 7.41. The predicted molar refractivity (Wildman–Crippen MR) is 62.8 cm³/mol. The van der Waals surface area contributed by atoms with Crippen LogP contribution in [0, 0.1) is 0 Å². The van der Waals surface area contributed by atoms with Crippen LogP contribution < -0.4 is 5.73 Å². The highest BCUT2D eigenvalue weighted by Crippen LogP contribution is 2.23. The van der Waals surface area contributed by atoms with E-state index >= 15 is 0 Å². The van der Waals surface area contributed by atoms with Crippen LogP contribution in [-0.4, -0.2) is 56.2 Å². The van der Waals surface area contributed by atoms with Gasteiger partial charge in [0.1, 0.15) is 32.4 Å². The molecule has 0 aromatic rings. The number of ether oxygens (including phenoxy) is 3. The first-order valence-corrected chi connectivity index (χ1v) is 5.78. The van der Waals surface area contributed by atoms with E-state index in [2.05, 4.69) is 0 Å². The van der Waals surface area contributed by atoms with Gasteiger partial charge in [-0.1, -0.05) is 0 Å². The van der Waals surface area contributed by atoms with Crippen LogP contribution in [0.5, 0.6) is 0 Å². The number of aliphatic hydroxyl groups excluding tert-OH is 1. The average molecular weight is 231 g/mol. The molecule has 1 rings (SSSR count). The Labute approximate surface area is 97.6 Å². The van der Waals surface area contributed by atoms with Gasteiger partial charge >= 0.3 is 0 Å². The Hall–Kier alpha value is -0.135. The van der Waals surface area contributed by atoms with Crippen LogP contribution in [0.4, 0.5) is 0 Å². The smallest absolute Gasteiger partial charge is 0.142 e. The van der Waals surface area contributed by atoms with E-state index in [1.54, 1.807) is 6.92 Å². The van der Waals surface area contributed by atoms with Crippen molar-refractivity contribution in [3.63, 3.8) is 0 Å². The Balaban J connectivity index is 2.46. The summed E-state index contributed by atoms with van der Waals surface area (Å²) in [4.78, 5) is 0. The zero-order valence-corrected chi connectivity index (χ0v) is 10.4. The highest BCUT2D eigenvalue weighted by atomic mass is 16.6. The van der Waals surface area contributed by atoms with Gasteiger partial charge in [-0.2, -0.15) is 0 Å². The lowest BCUT2D eigenvalue weighted by atomic mass is 9.93. The van der Waals surface area contributed by atoms with Crippen LogP contribution in [0.3, 0.4) is 0 Å². The molecule has 5 atom stereocenters. The molecule has 94 valence electrons. The first-order valence-electron chi connectivity index (χ1n) is 5.78. The number of aliphatic hydroxyl groups is 1. The lowest BCUT2D eigenvalue weighted by Gasteiger charge is -2.21. The van der Waals surface area contributed by atoms with E-state index in [1.165, 1.54) is 0 Å². The van der Waals surface area contributed by atoms with Gasteiger partial charge in [-0.3, -0.25) is 0 Å². The standard InChI is InChI=1S/C10H22BNO4/c1-5(2)15-9-8(13)7(16-10(9)11)4-14-6(3)12/h5-10,13H,4,11-12H2,1-3H3/t6?,7-,8?,9?,10-/m1/s1. The summed E-state index contributed by atoms with van der Waals surface area (Å²) in [5, 5.41) is 10.0. The van der Waals surface area contributed by atoms with Crippen LogP contribution in [-0.2, 0) is 14.2 Å². The fraction of sp³-hybridized carbons (Fsp3) is 1.00. The molecule has 0 bridgehead atoms. The van der Waals surface area contributed by atoms with Gasteiger partial charge in [-0.05, 0) is 20.8 Å². The molecular formula is C10H22BNO4. The topological polar surface area (TPSA) is 73.9 Å². The second kappa shape index (κ2) is 5.98. The maximum atomic E-state index is 10.0. The van der Waals surface area contributed by atoms with Gasteiger partial charge in [0.2, 0.25) is 0 Å². The van der Waals surface area contributed by atoms with Gasteiger partial charge in [0.05, 0.1) is 18.7 Å². The molecule has 1 saturated heterocycles. The summed E-state index contributed by atoms with van der Waals surface area (Å²) in [7, 11) is 1.89. The Kier molecular flexibility index (Phi) is 5.20. The van der Waals surface area contributed by atoms with Crippen molar-refractivity contribution in [1.29, 1.82) is 0 Å². The summed E-state index contributed by atoms with van der Waals surface area (Å²) in [5.74, 6) is 0. The molecule has 1 aliphatic heterocycles. The van der Waals surface area contributed by atoms with Gasteiger partial charge < -0.3 is 25.1 Å². The zero-order valence-electron chi connectivity index (χ0n) is 10.4. The molecule has 0 aromatic carbocycles. The molecule has 0 aromatic heterocycles. The van der Waals surface area contributed by atoms with E-state index in [-0.39, 0.29) is 30.5 Å². The molecule has 0 saturated carbocycles. The van der Waals surface area contributed by atoms with Crippen molar-refractivity contribution < 1.29 is 19.3 Å². The Bertz CT molecular complexity index is 215. The Morgan fingerprint density at radius 1 is 1.44 bits per heavy atom. The number of hydrogen-bond donors (Lipinski definition) is 2. The van der Waals surface area contributed by atoms with Crippen molar-refractivity contribution in [1.82, 2.24) is 0 Å². The van der Waals surface area contributed by atoms with Crippen molar-refractivity contribution in [2.45, 2.75) is 57.4 Å². The molecule has 0 amide bonds. The lowest BCUT2D eigenvalue weighted by Crippen LogP contribution is -2.39. The summed E-state index contributed by atoms with van der Waals surface area (Å²) in [6.07, 6.45) is -1.59. The molecule has 1 heterocycles. The highest BCUT2D eigenvalue weighted by Gasteiger charge is 2.42. The third-order valence-electron chi connectivity index (χ3n) is 2.52. The van der Waals surface area contributed by atoms with Crippen LogP contribution >= 0.6 is 0 Å². The average Bonchev–Trinajstić information content (AvgIpc) is 2.42. The number of hydrogen-bond acceptors (Lipinski definition) is 5. The summed E-state index contributed by atoms with van der Waals surface area (Å²) < 4.78 is 16.4. The van der Waals surface area contributed by atoms with E-state index in [9.17, 15) is 5.11 Å². The molecule has 1 fully saturated rings.